The predicted octanol–water partition coefficient (Wildman–Crippen LogP) is 0.404. The minimum atomic E-state index is -1.55. The number of aromatic nitrogens is 1. The highest BCUT2D eigenvalue weighted by atomic mass is 32.1. The Kier molecular flexibility index (Phi) is 5.38. The zero-order valence-electron chi connectivity index (χ0n) is 15.3. The third kappa shape index (κ3) is 3.66. The first-order valence-corrected chi connectivity index (χ1v) is 9.72. The molecule has 1 aliphatic heterocycles. The molecule has 2 aromatic heterocycles. The van der Waals surface area contributed by atoms with E-state index in [0.29, 0.717) is 16.0 Å². The molecule has 0 radical (unpaired) electrons. The molecule has 10 heteroatoms. The number of fused-ring (bicyclic) bond motifs is 1. The number of hydrogen-bond donors (Lipinski definition) is 4. The van der Waals surface area contributed by atoms with Gasteiger partial charge in [0.25, 0.3) is 0 Å². The maximum absolute atomic E-state index is 12.8. The van der Waals surface area contributed by atoms with Crippen molar-refractivity contribution in [3.05, 3.63) is 45.8 Å². The zero-order chi connectivity index (χ0) is 20.7. The van der Waals surface area contributed by atoms with Crippen molar-refractivity contribution in [1.82, 2.24) is 4.98 Å². The van der Waals surface area contributed by atoms with E-state index in [2.05, 4.69) is 4.98 Å². The van der Waals surface area contributed by atoms with Crippen LogP contribution in [0.1, 0.15) is 5.69 Å². The average molecular weight is 421 g/mol. The number of rotatable bonds is 4. The molecule has 0 aliphatic carbocycles. The summed E-state index contributed by atoms with van der Waals surface area (Å²) in [4.78, 5) is 17.1. The number of nitrogens with zero attached hydrogens (tertiary/aromatic N) is 1. The van der Waals surface area contributed by atoms with Crippen molar-refractivity contribution >= 4 is 22.3 Å². The van der Waals surface area contributed by atoms with Gasteiger partial charge >= 0.3 is 0 Å². The SMILES string of the molecule is Cc1csc(-c2coc3cc(O[C@@H]4O[C@@H](CO)[C@H](O)[C@@H](O)[C@@H]4O)ccc3c2=O)n1. The van der Waals surface area contributed by atoms with Crippen molar-refractivity contribution in [2.75, 3.05) is 6.61 Å². The molecule has 5 atom stereocenters. The van der Waals surface area contributed by atoms with Crippen LogP contribution in [-0.4, -0.2) is 62.7 Å². The second-order valence-electron chi connectivity index (χ2n) is 6.75. The highest BCUT2D eigenvalue weighted by Gasteiger charge is 2.44. The van der Waals surface area contributed by atoms with Gasteiger partial charge in [0, 0.05) is 17.1 Å². The Bertz CT molecular complexity index is 1080. The Morgan fingerprint density at radius 2 is 2.00 bits per heavy atom. The van der Waals surface area contributed by atoms with Gasteiger partial charge in [-0.05, 0) is 19.1 Å². The fraction of sp³-hybridized carbons (Fsp3) is 0.368. The van der Waals surface area contributed by atoms with Crippen molar-refractivity contribution in [3.8, 4) is 16.3 Å². The molecule has 1 fully saturated rings. The molecular formula is C19H19NO8S. The summed E-state index contributed by atoms with van der Waals surface area (Å²) in [5.41, 5.74) is 1.19. The first-order chi connectivity index (χ1) is 13.9. The summed E-state index contributed by atoms with van der Waals surface area (Å²) in [5.74, 6) is 0.211. The largest absolute Gasteiger partial charge is 0.463 e. The van der Waals surface area contributed by atoms with Crippen LogP contribution in [0.4, 0.5) is 0 Å². The van der Waals surface area contributed by atoms with Gasteiger partial charge < -0.3 is 34.3 Å². The third-order valence-electron chi connectivity index (χ3n) is 4.70. The molecule has 4 rings (SSSR count). The number of thiazole rings is 1. The van der Waals surface area contributed by atoms with Crippen LogP contribution in [0.2, 0.25) is 0 Å². The molecule has 0 amide bonds. The molecule has 0 spiro atoms. The van der Waals surface area contributed by atoms with Gasteiger partial charge in [0.05, 0.1) is 17.6 Å². The van der Waals surface area contributed by atoms with Crippen LogP contribution in [0.25, 0.3) is 21.5 Å². The normalized spacial score (nSPS) is 27.3. The Morgan fingerprint density at radius 1 is 1.21 bits per heavy atom. The monoisotopic (exact) mass is 421 g/mol. The van der Waals surface area contributed by atoms with Crippen molar-refractivity contribution < 1.29 is 34.3 Å². The van der Waals surface area contributed by atoms with E-state index in [9.17, 15) is 25.2 Å². The zero-order valence-corrected chi connectivity index (χ0v) is 16.1. The molecule has 29 heavy (non-hydrogen) atoms. The Morgan fingerprint density at radius 3 is 2.69 bits per heavy atom. The second-order valence-corrected chi connectivity index (χ2v) is 7.60. The highest BCUT2D eigenvalue weighted by Crippen LogP contribution is 2.28. The van der Waals surface area contributed by atoms with Crippen LogP contribution in [0, 0.1) is 6.92 Å². The molecular weight excluding hydrogens is 402 g/mol. The molecule has 0 bridgehead atoms. The summed E-state index contributed by atoms with van der Waals surface area (Å²) < 4.78 is 16.5. The molecule has 3 heterocycles. The first kappa shape index (κ1) is 20.0. The molecule has 0 unspecified atom stereocenters. The molecule has 1 saturated heterocycles. The van der Waals surface area contributed by atoms with Gasteiger partial charge in [-0.25, -0.2) is 4.98 Å². The molecule has 1 aromatic carbocycles. The molecule has 154 valence electrons. The maximum atomic E-state index is 12.8. The summed E-state index contributed by atoms with van der Waals surface area (Å²) in [6.45, 7) is 1.28. The number of benzene rings is 1. The minimum absolute atomic E-state index is 0.211. The smallest absolute Gasteiger partial charge is 0.229 e. The predicted molar refractivity (Wildman–Crippen MR) is 103 cm³/mol. The lowest BCUT2D eigenvalue weighted by Gasteiger charge is -2.39. The van der Waals surface area contributed by atoms with Crippen LogP contribution in [-0.2, 0) is 4.74 Å². The van der Waals surface area contributed by atoms with Crippen LogP contribution in [0.3, 0.4) is 0 Å². The number of aryl methyl sites for hydroxylation is 1. The number of hydrogen-bond acceptors (Lipinski definition) is 10. The standard InChI is InChI=1S/C19H19NO8S/c1-8-7-29-18(20-8)11-6-26-12-4-9(2-3-10(12)14(11)22)27-19-17(25)16(24)15(23)13(5-21)28-19/h2-4,6-7,13,15-17,19,21,23-25H,5H2,1H3/t13-,15-,16+,17-,19+/m0/s1. The molecule has 0 saturated carbocycles. The number of aliphatic hydroxyl groups excluding tert-OH is 4. The van der Waals surface area contributed by atoms with Gasteiger partial charge in [-0.2, -0.15) is 0 Å². The van der Waals surface area contributed by atoms with Crippen molar-refractivity contribution in [2.24, 2.45) is 0 Å². The number of ether oxygens (including phenoxy) is 2. The van der Waals surface area contributed by atoms with E-state index < -0.39 is 37.3 Å². The van der Waals surface area contributed by atoms with Crippen LogP contribution in [0.5, 0.6) is 5.75 Å². The summed E-state index contributed by atoms with van der Waals surface area (Å²) in [5, 5.41) is 41.8. The van der Waals surface area contributed by atoms with Crippen LogP contribution >= 0.6 is 11.3 Å². The summed E-state index contributed by atoms with van der Waals surface area (Å²) in [6.07, 6.45) is -5.63. The Hall–Kier alpha value is -2.34. The third-order valence-corrected chi connectivity index (χ3v) is 5.69. The Labute approximate surface area is 168 Å². The van der Waals surface area contributed by atoms with Gasteiger partial charge in [-0.15, -0.1) is 11.3 Å². The molecule has 9 nitrogen and oxygen atoms in total. The minimum Gasteiger partial charge on any atom is -0.463 e. The lowest BCUT2D eigenvalue weighted by Crippen LogP contribution is -2.60. The van der Waals surface area contributed by atoms with E-state index in [1.807, 2.05) is 12.3 Å². The number of aliphatic hydroxyl groups is 4. The average Bonchev–Trinajstić information content (AvgIpc) is 3.14. The van der Waals surface area contributed by atoms with Crippen LogP contribution in [0.15, 0.2) is 39.1 Å². The van der Waals surface area contributed by atoms with Gasteiger partial charge in [0.1, 0.15) is 47.0 Å². The second kappa shape index (κ2) is 7.82. The summed E-state index contributed by atoms with van der Waals surface area (Å²) >= 11 is 1.35. The Balaban J connectivity index is 1.62. The van der Waals surface area contributed by atoms with E-state index in [-0.39, 0.29) is 16.8 Å². The lowest BCUT2D eigenvalue weighted by atomic mass is 9.99. The maximum Gasteiger partial charge on any atom is 0.229 e. The van der Waals surface area contributed by atoms with E-state index in [1.165, 1.54) is 35.8 Å². The quantitative estimate of drug-likeness (QED) is 0.471. The fourth-order valence-electron chi connectivity index (χ4n) is 3.11. The topological polar surface area (TPSA) is 142 Å². The van der Waals surface area contributed by atoms with Crippen molar-refractivity contribution in [2.45, 2.75) is 37.6 Å². The van der Waals surface area contributed by atoms with Crippen molar-refractivity contribution in [1.29, 1.82) is 0 Å². The van der Waals surface area contributed by atoms with E-state index in [1.54, 1.807) is 0 Å². The van der Waals surface area contributed by atoms with E-state index >= 15 is 0 Å². The van der Waals surface area contributed by atoms with E-state index in [4.69, 9.17) is 13.9 Å². The van der Waals surface area contributed by atoms with Gasteiger partial charge in [-0.3, -0.25) is 4.79 Å². The molecule has 1 aliphatic rings. The first-order valence-electron chi connectivity index (χ1n) is 8.84. The van der Waals surface area contributed by atoms with E-state index in [0.717, 1.165) is 5.69 Å². The van der Waals surface area contributed by atoms with Gasteiger partial charge in [0.2, 0.25) is 11.7 Å². The molecule has 3 aromatic rings. The summed E-state index contributed by atoms with van der Waals surface area (Å²) in [6, 6.07) is 4.47. The fourth-order valence-corrected chi connectivity index (χ4v) is 3.91. The van der Waals surface area contributed by atoms with Crippen LogP contribution < -0.4 is 10.2 Å². The van der Waals surface area contributed by atoms with Gasteiger partial charge in [-0.1, -0.05) is 0 Å². The molecule has 4 N–H and O–H groups in total. The summed E-state index contributed by atoms with van der Waals surface area (Å²) in [7, 11) is 0. The van der Waals surface area contributed by atoms with Gasteiger partial charge in [0.15, 0.2) is 0 Å². The van der Waals surface area contributed by atoms with Crippen molar-refractivity contribution in [3.63, 3.8) is 0 Å². The highest BCUT2D eigenvalue weighted by molar-refractivity contribution is 7.13. The lowest BCUT2D eigenvalue weighted by molar-refractivity contribution is -0.277.